The third-order valence-electron chi connectivity index (χ3n) is 4.04. The van der Waals surface area contributed by atoms with E-state index < -0.39 is 9.84 Å². The van der Waals surface area contributed by atoms with E-state index >= 15 is 0 Å². The second-order valence-corrected chi connectivity index (χ2v) is 7.73. The molecule has 0 spiro atoms. The third-order valence-corrected chi connectivity index (χ3v) is 5.16. The largest absolute Gasteiger partial charge is 0.356 e. The molecule has 1 fully saturated rings. The smallest absolute Gasteiger partial charge is 0.175 e. The van der Waals surface area contributed by atoms with Gasteiger partial charge in [0.05, 0.1) is 4.90 Å². The number of pyridine rings is 1. The van der Waals surface area contributed by atoms with Gasteiger partial charge in [-0.3, -0.25) is 0 Å². The van der Waals surface area contributed by atoms with E-state index in [1.165, 1.54) is 25.5 Å². The molecule has 22 heavy (non-hydrogen) atoms. The first-order valence-electron chi connectivity index (χ1n) is 7.56. The van der Waals surface area contributed by atoms with Crippen molar-refractivity contribution in [3.8, 4) is 11.1 Å². The Kier molecular flexibility index (Phi) is 4.16. The molecule has 1 saturated heterocycles. The van der Waals surface area contributed by atoms with Gasteiger partial charge in [-0.1, -0.05) is 12.1 Å². The fraction of sp³-hybridized carbons (Fsp3) is 0.353. The van der Waals surface area contributed by atoms with Gasteiger partial charge in [-0.05, 0) is 49.1 Å². The number of benzene rings is 1. The Bertz CT molecular complexity index is 748. The second-order valence-electron chi connectivity index (χ2n) is 5.72. The van der Waals surface area contributed by atoms with Gasteiger partial charge in [0, 0.05) is 31.1 Å². The summed E-state index contributed by atoms with van der Waals surface area (Å²) in [6.45, 7) is 2.07. The molecule has 0 N–H and O–H groups in total. The molecule has 1 aliphatic heterocycles. The lowest BCUT2D eigenvalue weighted by atomic mass is 10.0. The van der Waals surface area contributed by atoms with Crippen LogP contribution in [-0.2, 0) is 9.84 Å². The second kappa shape index (κ2) is 6.08. The van der Waals surface area contributed by atoms with E-state index in [1.54, 1.807) is 12.1 Å². The molecule has 0 aliphatic carbocycles. The summed E-state index contributed by atoms with van der Waals surface area (Å²) in [5.74, 6) is 0.995. The van der Waals surface area contributed by atoms with Gasteiger partial charge >= 0.3 is 0 Å². The van der Waals surface area contributed by atoms with E-state index in [-0.39, 0.29) is 0 Å². The van der Waals surface area contributed by atoms with Crippen LogP contribution in [0.3, 0.4) is 0 Å². The average molecular weight is 316 g/mol. The highest BCUT2D eigenvalue weighted by Crippen LogP contribution is 2.31. The first kappa shape index (κ1) is 15.0. The number of hydrogen-bond donors (Lipinski definition) is 0. The molecule has 0 saturated carbocycles. The van der Waals surface area contributed by atoms with Crippen molar-refractivity contribution in [1.29, 1.82) is 0 Å². The van der Waals surface area contributed by atoms with Crippen LogP contribution in [-0.4, -0.2) is 32.7 Å². The van der Waals surface area contributed by atoms with Crippen molar-refractivity contribution < 1.29 is 8.42 Å². The van der Waals surface area contributed by atoms with Crippen molar-refractivity contribution >= 4 is 15.7 Å². The molecule has 2 aromatic rings. The van der Waals surface area contributed by atoms with Crippen LogP contribution in [0.25, 0.3) is 11.1 Å². The average Bonchev–Trinajstić information content (AvgIpc) is 2.55. The van der Waals surface area contributed by atoms with E-state index in [9.17, 15) is 8.42 Å². The summed E-state index contributed by atoms with van der Waals surface area (Å²) in [7, 11) is -3.16. The summed E-state index contributed by atoms with van der Waals surface area (Å²) in [6, 6.07) is 11.0. The molecule has 1 aliphatic rings. The van der Waals surface area contributed by atoms with Gasteiger partial charge in [-0.2, -0.15) is 0 Å². The molecule has 0 amide bonds. The minimum absolute atomic E-state index is 0.347. The van der Waals surface area contributed by atoms with Gasteiger partial charge in [-0.25, -0.2) is 13.4 Å². The Morgan fingerprint density at radius 3 is 2.32 bits per heavy atom. The van der Waals surface area contributed by atoms with Gasteiger partial charge in [-0.15, -0.1) is 0 Å². The molecule has 116 valence electrons. The lowest BCUT2D eigenvalue weighted by molar-refractivity contribution is 0.574. The van der Waals surface area contributed by atoms with Crippen LogP contribution in [0.1, 0.15) is 19.3 Å². The van der Waals surface area contributed by atoms with E-state index in [1.807, 2.05) is 30.5 Å². The normalized spacial score (nSPS) is 15.8. The monoisotopic (exact) mass is 316 g/mol. The van der Waals surface area contributed by atoms with Crippen molar-refractivity contribution in [1.82, 2.24) is 4.98 Å². The van der Waals surface area contributed by atoms with Gasteiger partial charge in [0.25, 0.3) is 0 Å². The maximum absolute atomic E-state index is 11.6. The first-order valence-corrected chi connectivity index (χ1v) is 9.45. The van der Waals surface area contributed by atoms with Crippen molar-refractivity contribution in [3.05, 3.63) is 42.6 Å². The van der Waals surface area contributed by atoms with Crippen molar-refractivity contribution in [2.45, 2.75) is 24.2 Å². The minimum Gasteiger partial charge on any atom is -0.356 e. The van der Waals surface area contributed by atoms with Gasteiger partial charge in [0.1, 0.15) is 5.82 Å². The Hall–Kier alpha value is -1.88. The van der Waals surface area contributed by atoms with Crippen LogP contribution < -0.4 is 4.90 Å². The summed E-state index contributed by atoms with van der Waals surface area (Å²) in [6.07, 6.45) is 6.72. The zero-order chi connectivity index (χ0) is 15.6. The number of aromatic nitrogens is 1. The van der Waals surface area contributed by atoms with E-state index in [0.29, 0.717) is 4.90 Å². The van der Waals surface area contributed by atoms with Gasteiger partial charge in [0.2, 0.25) is 0 Å². The fourth-order valence-corrected chi connectivity index (χ4v) is 3.49. The van der Waals surface area contributed by atoms with Gasteiger partial charge < -0.3 is 4.90 Å². The number of rotatable bonds is 3. The Labute approximate surface area is 131 Å². The van der Waals surface area contributed by atoms with Crippen LogP contribution in [0.15, 0.2) is 47.5 Å². The summed E-state index contributed by atoms with van der Waals surface area (Å²) in [5, 5.41) is 0. The third kappa shape index (κ3) is 3.14. The van der Waals surface area contributed by atoms with E-state index in [2.05, 4.69) is 9.88 Å². The van der Waals surface area contributed by atoms with Crippen LogP contribution in [0.5, 0.6) is 0 Å². The van der Waals surface area contributed by atoms with Crippen LogP contribution in [0.2, 0.25) is 0 Å². The topological polar surface area (TPSA) is 50.3 Å². The Morgan fingerprint density at radius 2 is 1.68 bits per heavy atom. The number of hydrogen-bond acceptors (Lipinski definition) is 4. The summed E-state index contributed by atoms with van der Waals surface area (Å²) in [4.78, 5) is 7.23. The summed E-state index contributed by atoms with van der Waals surface area (Å²) < 4.78 is 23.1. The van der Waals surface area contributed by atoms with Crippen LogP contribution >= 0.6 is 0 Å². The molecule has 0 unspecified atom stereocenters. The Morgan fingerprint density at radius 1 is 1.00 bits per heavy atom. The lowest BCUT2D eigenvalue weighted by Gasteiger charge is -2.29. The predicted octanol–water partition coefficient (Wildman–Crippen LogP) is 3.14. The standard InChI is InChI=1S/C17H20N2O2S/c1-22(20,21)15-9-7-14(8-10-15)16-6-5-11-18-17(16)19-12-3-2-4-13-19/h5-11H,2-4,12-13H2,1H3. The number of anilines is 1. The number of sulfone groups is 1. The maximum atomic E-state index is 11.6. The molecule has 0 atom stereocenters. The highest BCUT2D eigenvalue weighted by Gasteiger charge is 2.16. The molecule has 1 aromatic heterocycles. The molecular formula is C17H20N2O2S. The zero-order valence-electron chi connectivity index (χ0n) is 12.7. The summed E-state index contributed by atoms with van der Waals surface area (Å²) in [5.41, 5.74) is 2.06. The predicted molar refractivity (Wildman–Crippen MR) is 88.8 cm³/mol. The highest BCUT2D eigenvalue weighted by molar-refractivity contribution is 7.90. The van der Waals surface area contributed by atoms with Crippen molar-refractivity contribution in [2.24, 2.45) is 0 Å². The molecule has 0 radical (unpaired) electrons. The van der Waals surface area contributed by atoms with Gasteiger partial charge in [0.15, 0.2) is 9.84 Å². The van der Waals surface area contributed by atoms with Crippen LogP contribution in [0.4, 0.5) is 5.82 Å². The molecule has 0 bridgehead atoms. The number of piperidine rings is 1. The fourth-order valence-electron chi connectivity index (χ4n) is 2.86. The molecule has 5 heteroatoms. The summed E-state index contributed by atoms with van der Waals surface area (Å²) >= 11 is 0. The molecule has 4 nitrogen and oxygen atoms in total. The van der Waals surface area contributed by atoms with Crippen molar-refractivity contribution in [3.63, 3.8) is 0 Å². The molecular weight excluding hydrogens is 296 g/mol. The highest BCUT2D eigenvalue weighted by atomic mass is 32.2. The lowest BCUT2D eigenvalue weighted by Crippen LogP contribution is -2.30. The zero-order valence-corrected chi connectivity index (χ0v) is 13.5. The van der Waals surface area contributed by atoms with Crippen LogP contribution in [0, 0.1) is 0 Å². The molecule has 2 heterocycles. The first-order chi connectivity index (χ1) is 10.6. The minimum atomic E-state index is -3.16. The van der Waals surface area contributed by atoms with E-state index in [4.69, 9.17) is 0 Å². The SMILES string of the molecule is CS(=O)(=O)c1ccc(-c2cccnc2N2CCCCC2)cc1. The Balaban J connectivity index is 1.98. The maximum Gasteiger partial charge on any atom is 0.175 e. The molecule has 3 rings (SSSR count). The van der Waals surface area contributed by atoms with Crippen molar-refractivity contribution in [2.75, 3.05) is 24.2 Å². The number of nitrogens with zero attached hydrogens (tertiary/aromatic N) is 2. The van der Waals surface area contributed by atoms with E-state index in [0.717, 1.165) is 30.0 Å². The quantitative estimate of drug-likeness (QED) is 0.873. The molecule has 1 aromatic carbocycles.